The van der Waals surface area contributed by atoms with Crippen LogP contribution in [0.3, 0.4) is 0 Å². The molecule has 1 saturated carbocycles. The minimum Gasteiger partial charge on any atom is -0.491 e. The van der Waals surface area contributed by atoms with Gasteiger partial charge in [0.1, 0.15) is 18.2 Å². The van der Waals surface area contributed by atoms with Crippen LogP contribution in [0.2, 0.25) is 5.02 Å². The minimum absolute atomic E-state index is 0.0103. The molecule has 0 spiro atoms. The smallest absolute Gasteiger partial charge is 0.340 e. The van der Waals surface area contributed by atoms with Crippen molar-refractivity contribution in [3.8, 4) is 39.1 Å². The van der Waals surface area contributed by atoms with Gasteiger partial charge >= 0.3 is 5.97 Å². The summed E-state index contributed by atoms with van der Waals surface area (Å²) >= 11 is 8.00. The van der Waals surface area contributed by atoms with Crippen LogP contribution in [0, 0.1) is 13.8 Å². The molecule has 12 rings (SSSR count). The SMILES string of the molecule is COC(=O)c1csc2c(-c3cc(Cl)ccc3OCCn3c(C)nc4c(c3=O)CC(NC3CC(c5cccc6c5Cc5ccccc5-6)(c5cccc6c5Cc5ccccc5-6)C3)CC4)cc(C)nc12. The number of carbonyl (C=O) groups excluding carboxylic acids is 1. The van der Waals surface area contributed by atoms with Crippen LogP contribution < -0.4 is 15.6 Å². The van der Waals surface area contributed by atoms with Crippen LogP contribution in [0.4, 0.5) is 0 Å². The van der Waals surface area contributed by atoms with E-state index >= 15 is 0 Å². The molecule has 1 unspecified atom stereocenters. The standard InChI is InChI=1S/C57H49ClN4O4S/c1-32-24-46(54-53(59-32)48(31-67-54)56(64)65-3)45-27-36(58)18-21-52(45)66-23-22-62-33(2)60-51-20-19-37(28-47(51)55(62)63)61-38-29-57(30-38,49-16-8-14-41-39-12-6-4-10-34(39)25-43(41)49)50-17-9-15-42-40-13-7-5-11-35(40)26-44(42)50/h4-18,21,24,27,31,37-38,61H,19-20,22-23,25-26,28-30H2,1-3H3. The van der Waals surface area contributed by atoms with Gasteiger partial charge in [-0.15, -0.1) is 11.3 Å². The average molecular weight is 922 g/mol. The first kappa shape index (κ1) is 42.0. The lowest BCUT2D eigenvalue weighted by Gasteiger charge is -2.52. The Balaban J connectivity index is 0.794. The summed E-state index contributed by atoms with van der Waals surface area (Å²) in [6, 6.07) is 39.8. The first-order chi connectivity index (χ1) is 32.7. The Labute approximate surface area is 398 Å². The number of fused-ring (bicyclic) bond motifs is 8. The minimum atomic E-state index is -0.431. The van der Waals surface area contributed by atoms with Crippen molar-refractivity contribution in [2.24, 2.45) is 0 Å². The summed E-state index contributed by atoms with van der Waals surface area (Å²) in [7, 11) is 1.37. The van der Waals surface area contributed by atoms with Gasteiger partial charge in [-0.2, -0.15) is 0 Å². The summed E-state index contributed by atoms with van der Waals surface area (Å²) in [5, 5.41) is 6.43. The van der Waals surface area contributed by atoms with E-state index in [0.29, 0.717) is 46.7 Å². The highest BCUT2D eigenvalue weighted by Crippen LogP contribution is 2.56. The Bertz CT molecular complexity index is 3300. The predicted molar refractivity (Wildman–Crippen MR) is 267 cm³/mol. The monoisotopic (exact) mass is 920 g/mol. The molecular weight excluding hydrogens is 872 g/mol. The number of ether oxygens (including phenoxy) is 2. The van der Waals surface area contributed by atoms with Crippen molar-refractivity contribution in [3.05, 3.63) is 192 Å². The van der Waals surface area contributed by atoms with E-state index in [-0.39, 0.29) is 23.6 Å². The predicted octanol–water partition coefficient (Wildman–Crippen LogP) is 11.4. The number of aryl methyl sites for hydroxylation is 3. The maximum Gasteiger partial charge on any atom is 0.340 e. The fourth-order valence-corrected chi connectivity index (χ4v) is 13.1. The van der Waals surface area contributed by atoms with E-state index in [1.807, 2.05) is 32.0 Å². The summed E-state index contributed by atoms with van der Waals surface area (Å²) in [5.41, 5.74) is 19.2. The number of thiophene rings is 1. The van der Waals surface area contributed by atoms with Gasteiger partial charge in [-0.1, -0.05) is 96.5 Å². The second-order valence-electron chi connectivity index (χ2n) is 18.8. The molecule has 8 nitrogen and oxygen atoms in total. The molecular formula is C57H49ClN4O4S. The number of pyridine rings is 1. The Morgan fingerprint density at radius 3 is 2.15 bits per heavy atom. The number of hydrogen-bond donors (Lipinski definition) is 1. The van der Waals surface area contributed by atoms with Crippen LogP contribution in [0.15, 0.2) is 119 Å². The zero-order valence-electron chi connectivity index (χ0n) is 37.7. The molecule has 0 saturated heterocycles. The molecule has 0 aliphatic heterocycles. The van der Waals surface area contributed by atoms with Crippen LogP contribution in [0.1, 0.15) is 85.8 Å². The molecule has 0 bridgehead atoms. The summed E-state index contributed by atoms with van der Waals surface area (Å²) in [6.07, 6.45) is 6.27. The van der Waals surface area contributed by atoms with Gasteiger partial charge in [0.2, 0.25) is 0 Å². The molecule has 334 valence electrons. The maximum absolute atomic E-state index is 14.4. The molecule has 4 aliphatic carbocycles. The number of aromatic nitrogens is 3. The second kappa shape index (κ2) is 16.4. The lowest BCUT2D eigenvalue weighted by atomic mass is 9.55. The van der Waals surface area contributed by atoms with Crippen molar-refractivity contribution in [3.63, 3.8) is 0 Å². The molecule has 10 heteroatoms. The third-order valence-corrected chi connectivity index (χ3v) is 16.2. The van der Waals surface area contributed by atoms with Gasteiger partial charge < -0.3 is 14.8 Å². The second-order valence-corrected chi connectivity index (χ2v) is 20.1. The van der Waals surface area contributed by atoms with E-state index in [0.717, 1.165) is 71.3 Å². The number of nitrogens with zero attached hydrogens (tertiary/aromatic N) is 3. The maximum atomic E-state index is 14.4. The third-order valence-electron chi connectivity index (χ3n) is 15.0. The topological polar surface area (TPSA) is 95.3 Å². The first-order valence-corrected chi connectivity index (χ1v) is 24.6. The highest BCUT2D eigenvalue weighted by atomic mass is 35.5. The highest BCUT2D eigenvalue weighted by Gasteiger charge is 2.50. The Morgan fingerprint density at radius 1 is 0.791 bits per heavy atom. The van der Waals surface area contributed by atoms with Gasteiger partial charge in [-0.05, 0) is 139 Å². The highest BCUT2D eigenvalue weighted by molar-refractivity contribution is 7.18. The van der Waals surface area contributed by atoms with Gasteiger partial charge in [0.25, 0.3) is 5.56 Å². The van der Waals surface area contributed by atoms with Crippen molar-refractivity contribution < 1.29 is 14.3 Å². The molecule has 3 aromatic heterocycles. The fraction of sp³-hybridized carbons (Fsp3) is 0.263. The molecule has 0 radical (unpaired) electrons. The van der Waals surface area contributed by atoms with Crippen LogP contribution in [-0.4, -0.2) is 46.3 Å². The van der Waals surface area contributed by atoms with Crippen molar-refractivity contribution >= 4 is 39.1 Å². The normalized spacial score (nSPS) is 16.4. The number of esters is 1. The van der Waals surface area contributed by atoms with Crippen LogP contribution in [0.25, 0.3) is 43.6 Å². The molecule has 8 aromatic rings. The third kappa shape index (κ3) is 6.96. The summed E-state index contributed by atoms with van der Waals surface area (Å²) in [6.45, 7) is 4.39. The lowest BCUT2D eigenvalue weighted by molar-refractivity contribution is 0.0603. The number of halogens is 1. The lowest BCUT2D eigenvalue weighted by Crippen LogP contribution is -2.56. The van der Waals surface area contributed by atoms with Crippen molar-refractivity contribution in [2.45, 2.75) is 82.8 Å². The number of hydrogen-bond acceptors (Lipinski definition) is 8. The quantitative estimate of drug-likeness (QED) is 0.137. The number of rotatable bonds is 10. The number of carbonyl (C=O) groups is 1. The number of methoxy groups -OCH3 is 1. The summed E-state index contributed by atoms with van der Waals surface area (Å²) < 4.78 is 14.1. The molecule has 1 fully saturated rings. The molecule has 5 aromatic carbocycles. The Hall–Kier alpha value is -6.39. The van der Waals surface area contributed by atoms with E-state index < -0.39 is 5.97 Å². The van der Waals surface area contributed by atoms with E-state index in [2.05, 4.69) is 95.2 Å². The van der Waals surface area contributed by atoms with Gasteiger partial charge in [0, 0.05) is 50.3 Å². The van der Waals surface area contributed by atoms with E-state index in [1.165, 1.54) is 74.1 Å². The Morgan fingerprint density at radius 2 is 1.46 bits per heavy atom. The van der Waals surface area contributed by atoms with Crippen molar-refractivity contribution in [1.82, 2.24) is 19.9 Å². The summed E-state index contributed by atoms with van der Waals surface area (Å²) in [4.78, 5) is 36.7. The number of benzene rings is 5. The number of nitrogens with one attached hydrogen (secondary N) is 1. The first-order valence-electron chi connectivity index (χ1n) is 23.3. The van der Waals surface area contributed by atoms with Gasteiger partial charge in [-0.25, -0.2) is 9.78 Å². The molecule has 3 heterocycles. The average Bonchev–Trinajstić information content (AvgIpc) is 4.05. The molecule has 1 N–H and O–H groups in total. The molecule has 0 amide bonds. The van der Waals surface area contributed by atoms with Crippen LogP contribution in [-0.2, 0) is 42.4 Å². The van der Waals surface area contributed by atoms with Crippen LogP contribution >= 0.6 is 22.9 Å². The molecule has 4 aliphatic rings. The zero-order chi connectivity index (χ0) is 45.6. The largest absolute Gasteiger partial charge is 0.491 e. The van der Waals surface area contributed by atoms with Gasteiger partial charge in [0.15, 0.2) is 0 Å². The van der Waals surface area contributed by atoms with Crippen LogP contribution in [0.5, 0.6) is 5.75 Å². The van der Waals surface area contributed by atoms with E-state index in [9.17, 15) is 9.59 Å². The van der Waals surface area contributed by atoms with E-state index in [1.54, 1.807) is 16.0 Å². The van der Waals surface area contributed by atoms with Crippen molar-refractivity contribution in [1.29, 1.82) is 0 Å². The van der Waals surface area contributed by atoms with E-state index in [4.69, 9.17) is 26.1 Å². The van der Waals surface area contributed by atoms with Crippen molar-refractivity contribution in [2.75, 3.05) is 13.7 Å². The molecule has 67 heavy (non-hydrogen) atoms. The zero-order valence-corrected chi connectivity index (χ0v) is 39.3. The fourth-order valence-electron chi connectivity index (χ4n) is 11.9. The Kier molecular flexibility index (Phi) is 10.3. The van der Waals surface area contributed by atoms with Gasteiger partial charge in [-0.3, -0.25) is 14.3 Å². The summed E-state index contributed by atoms with van der Waals surface area (Å²) in [5.74, 6) is 0.880. The molecule has 1 atom stereocenters. The van der Waals surface area contributed by atoms with Gasteiger partial charge in [0.05, 0.1) is 35.1 Å².